The van der Waals surface area contributed by atoms with Crippen LogP contribution in [0.2, 0.25) is 5.02 Å². The van der Waals surface area contributed by atoms with Crippen LogP contribution in [0, 0.1) is 0 Å². The number of aromatic nitrogens is 1. The largest absolute Gasteiger partial charge is 0.376 e. The Morgan fingerprint density at radius 2 is 2.23 bits per heavy atom. The molecule has 2 saturated heterocycles. The summed E-state index contributed by atoms with van der Waals surface area (Å²) in [7, 11) is 0. The summed E-state index contributed by atoms with van der Waals surface area (Å²) in [5.74, 6) is 0.0891. The Labute approximate surface area is 181 Å². The first-order valence-corrected chi connectivity index (χ1v) is 10.6. The quantitative estimate of drug-likeness (QED) is 0.752. The Hall–Kier alpha value is -2.64. The summed E-state index contributed by atoms with van der Waals surface area (Å²) in [5, 5.41) is 3.35. The van der Waals surface area contributed by atoms with Crippen molar-refractivity contribution in [1.82, 2.24) is 9.88 Å². The van der Waals surface area contributed by atoms with Gasteiger partial charge in [-0.05, 0) is 49.1 Å². The fraction of sp³-hybridized carbons (Fsp3) is 0.409. The second-order valence-electron chi connectivity index (χ2n) is 7.62. The molecule has 1 aromatic carbocycles. The number of urea groups is 1. The molecule has 1 atom stereocenters. The van der Waals surface area contributed by atoms with Crippen LogP contribution < -0.4 is 10.2 Å². The summed E-state index contributed by atoms with van der Waals surface area (Å²) in [4.78, 5) is 32.8. The summed E-state index contributed by atoms with van der Waals surface area (Å²) in [6.07, 6.45) is 6.81. The fourth-order valence-corrected chi connectivity index (χ4v) is 4.02. The number of nitrogens with zero attached hydrogens (tertiary/aromatic N) is 3. The molecule has 3 heterocycles. The maximum Gasteiger partial charge on any atom is 0.322 e. The molecule has 2 aliphatic heterocycles. The van der Waals surface area contributed by atoms with E-state index in [2.05, 4.69) is 10.3 Å². The Morgan fingerprint density at radius 1 is 1.33 bits per heavy atom. The van der Waals surface area contributed by atoms with E-state index in [4.69, 9.17) is 16.3 Å². The number of anilines is 2. The van der Waals surface area contributed by atoms with Gasteiger partial charge in [-0.15, -0.1) is 0 Å². The van der Waals surface area contributed by atoms with Gasteiger partial charge >= 0.3 is 6.03 Å². The number of nitrogens with one attached hydrogen (secondary N) is 1. The van der Waals surface area contributed by atoms with Crippen molar-refractivity contribution in [3.63, 3.8) is 0 Å². The van der Waals surface area contributed by atoms with Gasteiger partial charge in [-0.25, -0.2) is 4.79 Å². The van der Waals surface area contributed by atoms with Crippen molar-refractivity contribution in [2.24, 2.45) is 0 Å². The molecule has 2 aromatic rings. The maximum atomic E-state index is 13.2. The number of hydrogen-bond acceptors (Lipinski definition) is 4. The highest BCUT2D eigenvalue weighted by Gasteiger charge is 2.25. The molecule has 0 spiro atoms. The third kappa shape index (κ3) is 4.91. The van der Waals surface area contributed by atoms with E-state index in [0.29, 0.717) is 36.8 Å². The number of benzene rings is 1. The van der Waals surface area contributed by atoms with Crippen molar-refractivity contribution >= 4 is 34.9 Å². The van der Waals surface area contributed by atoms with E-state index >= 15 is 0 Å². The first-order valence-electron chi connectivity index (χ1n) is 10.3. The van der Waals surface area contributed by atoms with Crippen molar-refractivity contribution in [2.75, 3.05) is 29.9 Å². The predicted octanol–water partition coefficient (Wildman–Crippen LogP) is 4.07. The van der Waals surface area contributed by atoms with Crippen LogP contribution >= 0.6 is 11.6 Å². The van der Waals surface area contributed by atoms with Crippen LogP contribution in [0.4, 0.5) is 16.2 Å². The predicted molar refractivity (Wildman–Crippen MR) is 116 cm³/mol. The number of amides is 3. The molecule has 1 N–H and O–H groups in total. The molecule has 158 valence electrons. The average Bonchev–Trinajstić information content (AvgIpc) is 3.41. The second kappa shape index (κ2) is 9.45. The Kier molecular flexibility index (Phi) is 6.50. The van der Waals surface area contributed by atoms with E-state index in [1.54, 1.807) is 40.4 Å². The van der Waals surface area contributed by atoms with E-state index in [0.717, 1.165) is 37.1 Å². The zero-order valence-corrected chi connectivity index (χ0v) is 17.5. The van der Waals surface area contributed by atoms with E-state index in [1.165, 1.54) is 0 Å². The molecular weight excluding hydrogens is 404 g/mol. The topological polar surface area (TPSA) is 74.8 Å². The summed E-state index contributed by atoms with van der Waals surface area (Å²) < 4.78 is 5.74. The minimum Gasteiger partial charge on any atom is -0.376 e. The third-order valence-electron chi connectivity index (χ3n) is 5.41. The number of hydrogen-bond donors (Lipinski definition) is 1. The molecule has 2 aliphatic rings. The lowest BCUT2D eigenvalue weighted by molar-refractivity contribution is -0.117. The lowest BCUT2D eigenvalue weighted by Crippen LogP contribution is -2.39. The van der Waals surface area contributed by atoms with Gasteiger partial charge in [0, 0.05) is 50.7 Å². The zero-order chi connectivity index (χ0) is 20.9. The Balaban J connectivity index is 1.51. The van der Waals surface area contributed by atoms with Crippen molar-refractivity contribution in [3.05, 3.63) is 53.3 Å². The number of pyridine rings is 1. The highest BCUT2D eigenvalue weighted by molar-refractivity contribution is 6.33. The summed E-state index contributed by atoms with van der Waals surface area (Å²) >= 11 is 6.35. The fourth-order valence-electron chi connectivity index (χ4n) is 3.86. The lowest BCUT2D eigenvalue weighted by atomic mass is 10.2. The molecule has 8 heteroatoms. The van der Waals surface area contributed by atoms with Gasteiger partial charge in [0.15, 0.2) is 0 Å². The SMILES string of the molecule is O=C(Nc1cc(N2CCCC2=O)ccc1Cl)N(Cc1cccnc1)CC1CCCO1. The van der Waals surface area contributed by atoms with Gasteiger partial charge in [-0.1, -0.05) is 17.7 Å². The average molecular weight is 429 g/mol. The van der Waals surface area contributed by atoms with Gasteiger partial charge in [0.1, 0.15) is 0 Å². The molecule has 3 amide bonds. The van der Waals surface area contributed by atoms with Gasteiger partial charge in [-0.3, -0.25) is 9.78 Å². The van der Waals surface area contributed by atoms with Gasteiger partial charge in [0.25, 0.3) is 0 Å². The molecule has 0 radical (unpaired) electrons. The minimum absolute atomic E-state index is 0.0245. The van der Waals surface area contributed by atoms with Crippen LogP contribution in [0.1, 0.15) is 31.2 Å². The van der Waals surface area contributed by atoms with Gasteiger partial charge in [0.2, 0.25) is 5.91 Å². The molecule has 2 fully saturated rings. The molecule has 30 heavy (non-hydrogen) atoms. The minimum atomic E-state index is -0.263. The van der Waals surface area contributed by atoms with Crippen LogP contribution in [0.15, 0.2) is 42.7 Å². The van der Waals surface area contributed by atoms with E-state index in [9.17, 15) is 9.59 Å². The summed E-state index contributed by atoms with van der Waals surface area (Å²) in [6.45, 7) is 2.31. The smallest absolute Gasteiger partial charge is 0.322 e. The molecule has 0 aliphatic carbocycles. The molecule has 4 rings (SSSR count). The second-order valence-corrected chi connectivity index (χ2v) is 8.03. The normalized spacial score (nSPS) is 18.6. The number of halogens is 1. The monoisotopic (exact) mass is 428 g/mol. The number of carbonyl (C=O) groups excluding carboxylic acids is 2. The number of carbonyl (C=O) groups is 2. The van der Waals surface area contributed by atoms with Crippen molar-refractivity contribution in [3.8, 4) is 0 Å². The van der Waals surface area contributed by atoms with Crippen molar-refractivity contribution < 1.29 is 14.3 Å². The summed E-state index contributed by atoms with van der Waals surface area (Å²) in [6, 6.07) is 8.81. The first kappa shape index (κ1) is 20.6. The zero-order valence-electron chi connectivity index (χ0n) is 16.7. The number of rotatable bonds is 6. The van der Waals surface area contributed by atoms with E-state index in [-0.39, 0.29) is 18.0 Å². The summed E-state index contributed by atoms with van der Waals surface area (Å²) in [5.41, 5.74) is 2.17. The van der Waals surface area contributed by atoms with Crippen LogP contribution in [0.25, 0.3) is 0 Å². The molecule has 1 aromatic heterocycles. The van der Waals surface area contributed by atoms with Crippen LogP contribution in [-0.4, -0.2) is 47.6 Å². The van der Waals surface area contributed by atoms with Crippen LogP contribution in [-0.2, 0) is 16.1 Å². The lowest BCUT2D eigenvalue weighted by Gasteiger charge is -2.26. The van der Waals surface area contributed by atoms with Crippen molar-refractivity contribution in [2.45, 2.75) is 38.3 Å². The van der Waals surface area contributed by atoms with E-state index < -0.39 is 0 Å². The van der Waals surface area contributed by atoms with E-state index in [1.807, 2.05) is 12.1 Å². The number of ether oxygens (including phenoxy) is 1. The third-order valence-corrected chi connectivity index (χ3v) is 5.74. The van der Waals surface area contributed by atoms with Gasteiger partial charge in [0.05, 0.1) is 16.8 Å². The standard InChI is InChI=1S/C22H25ClN4O3/c23-19-8-7-17(27-10-2-6-21(27)28)12-20(19)25-22(29)26(15-18-5-3-11-30-18)14-16-4-1-9-24-13-16/h1,4,7-9,12-13,18H,2-3,5-6,10-11,14-15H2,(H,25,29). The highest BCUT2D eigenvalue weighted by atomic mass is 35.5. The molecule has 1 unspecified atom stereocenters. The first-order chi connectivity index (χ1) is 14.6. The van der Waals surface area contributed by atoms with Crippen LogP contribution in [0.5, 0.6) is 0 Å². The molecular formula is C22H25ClN4O3. The highest BCUT2D eigenvalue weighted by Crippen LogP contribution is 2.30. The molecule has 7 nitrogen and oxygen atoms in total. The Bertz CT molecular complexity index is 903. The maximum absolute atomic E-state index is 13.2. The van der Waals surface area contributed by atoms with Gasteiger partial charge < -0.3 is 19.9 Å². The van der Waals surface area contributed by atoms with Crippen molar-refractivity contribution in [1.29, 1.82) is 0 Å². The Morgan fingerprint density at radius 3 is 2.93 bits per heavy atom. The van der Waals surface area contributed by atoms with Gasteiger partial charge in [-0.2, -0.15) is 0 Å². The molecule has 0 bridgehead atoms. The van der Waals surface area contributed by atoms with Crippen LogP contribution in [0.3, 0.4) is 0 Å². The molecule has 0 saturated carbocycles.